The first-order valence-electron chi connectivity index (χ1n) is 10.3. The van der Waals surface area contributed by atoms with Crippen LogP contribution in [0.1, 0.15) is 16.8 Å². The van der Waals surface area contributed by atoms with Gasteiger partial charge in [-0.25, -0.2) is 9.37 Å². The molecule has 0 aliphatic carbocycles. The van der Waals surface area contributed by atoms with E-state index in [0.29, 0.717) is 42.4 Å². The molecule has 7 nitrogen and oxygen atoms in total. The number of pyridine rings is 1. The van der Waals surface area contributed by atoms with Crippen molar-refractivity contribution in [3.63, 3.8) is 0 Å². The average molecular weight is 493 g/mol. The highest BCUT2D eigenvalue weighted by atomic mass is 35.5. The minimum absolute atomic E-state index is 0.164. The molecule has 178 valence electrons. The summed E-state index contributed by atoms with van der Waals surface area (Å²) < 4.78 is 43.0. The number of hydrogen-bond acceptors (Lipinski definition) is 6. The SMILES string of the molecule is O=C(Nc1ccc(OC(F)(F)Cl)cc1)c1cnc(N2CC[C@@H](O)C2)c(Nc2ccc(F)cc2)c1. The predicted octanol–water partition coefficient (Wildman–Crippen LogP) is 4.96. The number of alkyl halides is 3. The number of aliphatic hydroxyl groups excluding tert-OH is 1. The van der Waals surface area contributed by atoms with Gasteiger partial charge in [0.25, 0.3) is 5.91 Å². The van der Waals surface area contributed by atoms with E-state index in [1.807, 2.05) is 4.90 Å². The highest BCUT2D eigenvalue weighted by Crippen LogP contribution is 2.31. The van der Waals surface area contributed by atoms with E-state index in [1.54, 1.807) is 18.2 Å². The Bertz CT molecular complexity index is 1160. The van der Waals surface area contributed by atoms with Gasteiger partial charge in [-0.3, -0.25) is 4.79 Å². The summed E-state index contributed by atoms with van der Waals surface area (Å²) in [5.74, 6) is -0.492. The summed E-state index contributed by atoms with van der Waals surface area (Å²) >= 11 is 4.75. The third-order valence-electron chi connectivity index (χ3n) is 5.06. The fraction of sp³-hybridized carbons (Fsp3) is 0.217. The molecule has 3 N–H and O–H groups in total. The lowest BCUT2D eigenvalue weighted by Crippen LogP contribution is -2.24. The number of anilines is 4. The second kappa shape index (κ2) is 9.78. The molecule has 11 heteroatoms. The van der Waals surface area contributed by atoms with Crippen LogP contribution in [0.5, 0.6) is 5.75 Å². The van der Waals surface area contributed by atoms with Gasteiger partial charge in [-0.15, -0.1) is 8.78 Å². The number of carbonyl (C=O) groups excluding carboxylic acids is 1. The lowest BCUT2D eigenvalue weighted by molar-refractivity contribution is -0.0964. The number of amides is 1. The van der Waals surface area contributed by atoms with Crippen LogP contribution >= 0.6 is 11.6 Å². The highest BCUT2D eigenvalue weighted by Gasteiger charge is 2.27. The van der Waals surface area contributed by atoms with Crippen molar-refractivity contribution in [2.24, 2.45) is 0 Å². The van der Waals surface area contributed by atoms with Gasteiger partial charge in [0, 0.05) is 42.3 Å². The van der Waals surface area contributed by atoms with Crippen LogP contribution in [0, 0.1) is 5.82 Å². The van der Waals surface area contributed by atoms with Crippen LogP contribution in [0.4, 0.5) is 36.1 Å². The lowest BCUT2D eigenvalue weighted by Gasteiger charge is -2.21. The van der Waals surface area contributed by atoms with Crippen LogP contribution in [0.3, 0.4) is 0 Å². The van der Waals surface area contributed by atoms with Gasteiger partial charge in [-0.1, -0.05) is 0 Å². The molecule has 1 aromatic heterocycles. The third kappa shape index (κ3) is 6.09. The number of nitrogens with zero attached hydrogens (tertiary/aromatic N) is 2. The molecule has 1 saturated heterocycles. The largest absolute Gasteiger partial charge is 0.487 e. The molecule has 1 amide bonds. The van der Waals surface area contributed by atoms with Crippen LogP contribution < -0.4 is 20.3 Å². The monoisotopic (exact) mass is 492 g/mol. The van der Waals surface area contributed by atoms with Gasteiger partial charge in [-0.05, 0) is 61.0 Å². The van der Waals surface area contributed by atoms with Gasteiger partial charge >= 0.3 is 5.57 Å². The minimum Gasteiger partial charge on any atom is -0.420 e. The van der Waals surface area contributed by atoms with E-state index in [4.69, 9.17) is 11.6 Å². The summed E-state index contributed by atoms with van der Waals surface area (Å²) in [5.41, 5.74) is -2.18. The Morgan fingerprint density at radius 3 is 2.44 bits per heavy atom. The number of halogens is 4. The van der Waals surface area contributed by atoms with E-state index in [-0.39, 0.29) is 17.1 Å². The van der Waals surface area contributed by atoms with Crippen LogP contribution in [-0.2, 0) is 0 Å². The quantitative estimate of drug-likeness (QED) is 0.404. The maximum Gasteiger partial charge on any atom is 0.487 e. The van der Waals surface area contributed by atoms with Crippen molar-refractivity contribution in [1.29, 1.82) is 0 Å². The van der Waals surface area contributed by atoms with Crippen LogP contribution in [-0.4, -0.2) is 40.8 Å². The van der Waals surface area contributed by atoms with Crippen molar-refractivity contribution >= 4 is 40.4 Å². The maximum atomic E-state index is 13.3. The molecule has 34 heavy (non-hydrogen) atoms. The molecule has 2 aromatic carbocycles. The van der Waals surface area contributed by atoms with Gasteiger partial charge < -0.3 is 25.4 Å². The molecule has 1 atom stereocenters. The summed E-state index contributed by atoms with van der Waals surface area (Å²) in [6.45, 7) is 0.986. The van der Waals surface area contributed by atoms with Crippen molar-refractivity contribution in [1.82, 2.24) is 4.98 Å². The van der Waals surface area contributed by atoms with E-state index >= 15 is 0 Å². The zero-order valence-electron chi connectivity index (χ0n) is 17.6. The molecular weight excluding hydrogens is 473 g/mol. The number of hydrogen-bond donors (Lipinski definition) is 3. The molecule has 0 radical (unpaired) electrons. The summed E-state index contributed by atoms with van der Waals surface area (Å²) in [6, 6.07) is 12.6. The molecule has 3 aromatic rings. The van der Waals surface area contributed by atoms with E-state index < -0.39 is 17.6 Å². The van der Waals surface area contributed by atoms with Crippen LogP contribution in [0.2, 0.25) is 0 Å². The Balaban J connectivity index is 1.55. The molecule has 2 heterocycles. The molecule has 1 fully saturated rings. The van der Waals surface area contributed by atoms with Crippen molar-refractivity contribution in [3.05, 3.63) is 72.2 Å². The van der Waals surface area contributed by atoms with Gasteiger partial charge in [0.2, 0.25) is 0 Å². The summed E-state index contributed by atoms with van der Waals surface area (Å²) in [5, 5.41) is 15.7. The van der Waals surface area contributed by atoms with Gasteiger partial charge in [0.15, 0.2) is 5.82 Å². The Morgan fingerprint density at radius 1 is 1.15 bits per heavy atom. The Morgan fingerprint density at radius 2 is 1.82 bits per heavy atom. The second-order valence-corrected chi connectivity index (χ2v) is 8.08. The van der Waals surface area contributed by atoms with Gasteiger partial charge in [0.1, 0.15) is 11.6 Å². The zero-order chi connectivity index (χ0) is 24.3. The van der Waals surface area contributed by atoms with Crippen molar-refractivity contribution < 1.29 is 27.8 Å². The Hall–Kier alpha value is -3.50. The fourth-order valence-corrected chi connectivity index (χ4v) is 3.58. The van der Waals surface area contributed by atoms with Crippen molar-refractivity contribution in [3.8, 4) is 5.75 Å². The smallest absolute Gasteiger partial charge is 0.420 e. The van der Waals surface area contributed by atoms with Crippen molar-refractivity contribution in [2.75, 3.05) is 28.6 Å². The predicted molar refractivity (Wildman–Crippen MR) is 123 cm³/mol. The van der Waals surface area contributed by atoms with E-state index in [9.17, 15) is 23.1 Å². The van der Waals surface area contributed by atoms with Gasteiger partial charge in [0.05, 0.1) is 17.4 Å². The van der Waals surface area contributed by atoms with Crippen LogP contribution in [0.25, 0.3) is 0 Å². The van der Waals surface area contributed by atoms with E-state index in [1.165, 1.54) is 42.6 Å². The molecule has 4 rings (SSSR count). The van der Waals surface area contributed by atoms with E-state index in [0.717, 1.165) is 0 Å². The first-order valence-corrected chi connectivity index (χ1v) is 10.7. The average Bonchev–Trinajstić information content (AvgIpc) is 3.21. The topological polar surface area (TPSA) is 86.7 Å². The second-order valence-electron chi connectivity index (χ2n) is 7.64. The normalized spacial score (nSPS) is 15.8. The fourth-order valence-electron chi connectivity index (χ4n) is 3.49. The lowest BCUT2D eigenvalue weighted by atomic mass is 10.2. The number of β-amino-alcohol motifs (C(OH)–C–C–N with tert-alkyl or cyclic N) is 1. The standard InChI is InChI=1S/C23H20ClF3N4O3/c24-23(26,27)34-19-7-5-17(6-8-19)30-22(33)14-11-20(29-16-3-1-15(25)2-4-16)21(28-12-14)31-10-9-18(32)13-31/h1-8,11-12,18,29,32H,9-10,13H2,(H,30,33)/t18-/m1/s1. The molecule has 0 saturated carbocycles. The molecular formula is C23H20ClF3N4O3. The first-order chi connectivity index (χ1) is 16.2. The van der Waals surface area contributed by atoms with Crippen LogP contribution in [0.15, 0.2) is 60.8 Å². The Kier molecular flexibility index (Phi) is 6.80. The molecule has 1 aliphatic heterocycles. The highest BCUT2D eigenvalue weighted by molar-refractivity contribution is 6.20. The zero-order valence-corrected chi connectivity index (χ0v) is 18.4. The Labute approximate surface area is 198 Å². The van der Waals surface area contributed by atoms with E-state index in [2.05, 4.69) is 20.4 Å². The number of nitrogens with one attached hydrogen (secondary N) is 2. The maximum absolute atomic E-state index is 13.3. The molecule has 0 unspecified atom stereocenters. The molecule has 0 bridgehead atoms. The summed E-state index contributed by atoms with van der Waals surface area (Å²) in [4.78, 5) is 19.1. The third-order valence-corrected chi connectivity index (χ3v) is 5.14. The van der Waals surface area contributed by atoms with Crippen molar-refractivity contribution in [2.45, 2.75) is 18.1 Å². The van der Waals surface area contributed by atoms with Gasteiger partial charge in [-0.2, -0.15) is 0 Å². The number of carbonyl (C=O) groups is 1. The minimum atomic E-state index is -3.84. The number of aliphatic hydroxyl groups is 1. The first kappa shape index (κ1) is 23.7. The molecule has 0 spiro atoms. The molecule has 1 aliphatic rings. The number of aromatic nitrogens is 1. The summed E-state index contributed by atoms with van der Waals surface area (Å²) in [7, 11) is 0. The number of rotatable bonds is 7. The summed E-state index contributed by atoms with van der Waals surface area (Å²) in [6.07, 6.45) is 1.51. The number of ether oxygens (including phenoxy) is 1. The number of benzene rings is 2.